The van der Waals surface area contributed by atoms with Crippen LogP contribution in [0.25, 0.3) is 11.1 Å². The number of hydrogen-bond donors (Lipinski definition) is 2. The molecule has 1 aromatic heterocycles. The number of nitrogens with one attached hydrogen (secondary N) is 2. The lowest BCUT2D eigenvalue weighted by Crippen LogP contribution is -2.21. The minimum Gasteiger partial charge on any atom is -0.469 e. The zero-order valence-electron chi connectivity index (χ0n) is 10.7. The predicted molar refractivity (Wildman–Crippen MR) is 70.0 cm³/mol. The molecule has 0 amide bonds. The first kappa shape index (κ1) is 13.4. The first-order valence-electron chi connectivity index (χ1n) is 6.08. The number of rotatable bonds is 6. The molecule has 6 heteroatoms. The molecule has 19 heavy (non-hydrogen) atoms. The summed E-state index contributed by atoms with van der Waals surface area (Å²) in [7, 11) is 1.38. The Labute approximate surface area is 109 Å². The van der Waals surface area contributed by atoms with Crippen LogP contribution in [-0.2, 0) is 16.0 Å². The van der Waals surface area contributed by atoms with Crippen molar-refractivity contribution in [3.05, 3.63) is 34.3 Å². The van der Waals surface area contributed by atoms with Crippen LogP contribution in [0.4, 0.5) is 0 Å². The van der Waals surface area contributed by atoms with Crippen molar-refractivity contribution in [3.63, 3.8) is 0 Å². The van der Waals surface area contributed by atoms with E-state index in [4.69, 9.17) is 4.42 Å². The summed E-state index contributed by atoms with van der Waals surface area (Å²) in [5.41, 5.74) is 2.36. The SMILES string of the molecule is COC(=O)CCNCCc1ccc2oc(=O)[nH]c2c1. The van der Waals surface area contributed by atoms with Crippen molar-refractivity contribution in [2.45, 2.75) is 12.8 Å². The molecule has 2 N–H and O–H groups in total. The van der Waals surface area contributed by atoms with E-state index in [2.05, 4.69) is 15.0 Å². The summed E-state index contributed by atoms with van der Waals surface area (Å²) in [4.78, 5) is 24.5. The summed E-state index contributed by atoms with van der Waals surface area (Å²) in [5.74, 6) is -0.659. The monoisotopic (exact) mass is 264 g/mol. The topological polar surface area (TPSA) is 84.3 Å². The van der Waals surface area contributed by atoms with Crippen LogP contribution in [0, 0.1) is 0 Å². The molecular weight excluding hydrogens is 248 g/mol. The first-order valence-corrected chi connectivity index (χ1v) is 6.08. The summed E-state index contributed by atoms with van der Waals surface area (Å²) in [5, 5.41) is 3.16. The second-order valence-corrected chi connectivity index (χ2v) is 4.17. The van der Waals surface area contributed by atoms with Crippen molar-refractivity contribution in [2.75, 3.05) is 20.2 Å². The van der Waals surface area contributed by atoms with Gasteiger partial charge in [0.2, 0.25) is 0 Å². The van der Waals surface area contributed by atoms with E-state index >= 15 is 0 Å². The molecule has 0 aliphatic heterocycles. The van der Waals surface area contributed by atoms with Crippen molar-refractivity contribution < 1.29 is 13.9 Å². The van der Waals surface area contributed by atoms with Crippen LogP contribution < -0.4 is 11.1 Å². The van der Waals surface area contributed by atoms with Crippen LogP contribution in [0.15, 0.2) is 27.4 Å². The van der Waals surface area contributed by atoms with E-state index in [1.807, 2.05) is 12.1 Å². The van der Waals surface area contributed by atoms with Gasteiger partial charge in [0.05, 0.1) is 19.0 Å². The lowest BCUT2D eigenvalue weighted by atomic mass is 10.1. The van der Waals surface area contributed by atoms with Gasteiger partial charge in [0.15, 0.2) is 5.58 Å². The van der Waals surface area contributed by atoms with Crippen molar-refractivity contribution >= 4 is 17.1 Å². The average Bonchev–Trinajstić information content (AvgIpc) is 2.77. The van der Waals surface area contributed by atoms with Gasteiger partial charge in [-0.15, -0.1) is 0 Å². The van der Waals surface area contributed by atoms with Gasteiger partial charge < -0.3 is 14.5 Å². The Morgan fingerprint density at radius 1 is 1.42 bits per heavy atom. The second kappa shape index (κ2) is 6.19. The molecule has 0 aliphatic rings. The molecule has 6 nitrogen and oxygen atoms in total. The predicted octanol–water partition coefficient (Wildman–Crippen LogP) is 0.816. The molecule has 0 spiro atoms. The minimum atomic E-state index is -0.441. The third-order valence-corrected chi connectivity index (χ3v) is 2.81. The van der Waals surface area contributed by atoms with Crippen LogP contribution in [-0.4, -0.2) is 31.2 Å². The molecule has 0 unspecified atom stereocenters. The molecule has 0 aliphatic carbocycles. The molecule has 0 saturated heterocycles. The Kier molecular flexibility index (Phi) is 4.35. The van der Waals surface area contributed by atoms with Gasteiger partial charge in [-0.2, -0.15) is 0 Å². The average molecular weight is 264 g/mol. The highest BCUT2D eigenvalue weighted by Gasteiger charge is 2.02. The van der Waals surface area contributed by atoms with Gasteiger partial charge in [-0.25, -0.2) is 4.79 Å². The Balaban J connectivity index is 1.81. The number of carbonyl (C=O) groups excluding carboxylic acids is 1. The van der Waals surface area contributed by atoms with Gasteiger partial charge >= 0.3 is 11.7 Å². The van der Waals surface area contributed by atoms with Crippen LogP contribution in [0.5, 0.6) is 0 Å². The zero-order chi connectivity index (χ0) is 13.7. The van der Waals surface area contributed by atoms with Gasteiger partial charge in [-0.05, 0) is 30.7 Å². The van der Waals surface area contributed by atoms with Gasteiger partial charge in [0, 0.05) is 6.54 Å². The number of H-pyrrole nitrogens is 1. The van der Waals surface area contributed by atoms with E-state index in [0.717, 1.165) is 18.5 Å². The zero-order valence-corrected chi connectivity index (χ0v) is 10.7. The van der Waals surface area contributed by atoms with Gasteiger partial charge in [-0.3, -0.25) is 9.78 Å². The Hall–Kier alpha value is -2.08. The van der Waals surface area contributed by atoms with Crippen LogP contribution in [0.2, 0.25) is 0 Å². The lowest BCUT2D eigenvalue weighted by molar-refractivity contribution is -0.140. The minimum absolute atomic E-state index is 0.218. The molecule has 1 heterocycles. The van der Waals surface area contributed by atoms with E-state index in [9.17, 15) is 9.59 Å². The highest BCUT2D eigenvalue weighted by molar-refractivity contribution is 5.72. The van der Waals surface area contributed by atoms with E-state index < -0.39 is 5.76 Å². The highest BCUT2D eigenvalue weighted by Crippen LogP contribution is 2.12. The quantitative estimate of drug-likeness (QED) is 0.596. The summed E-state index contributed by atoms with van der Waals surface area (Å²) in [6.45, 7) is 1.35. The Bertz CT molecular complexity index is 614. The third-order valence-electron chi connectivity index (χ3n) is 2.81. The summed E-state index contributed by atoms with van der Waals surface area (Å²) < 4.78 is 9.47. The van der Waals surface area contributed by atoms with Crippen LogP contribution in [0.3, 0.4) is 0 Å². The first-order chi connectivity index (χ1) is 9.19. The smallest absolute Gasteiger partial charge is 0.417 e. The van der Waals surface area contributed by atoms with Crippen molar-refractivity contribution in [1.82, 2.24) is 10.3 Å². The maximum absolute atomic E-state index is 11.0. The number of aromatic nitrogens is 1. The van der Waals surface area contributed by atoms with Gasteiger partial charge in [0.25, 0.3) is 0 Å². The molecule has 0 atom stereocenters. The van der Waals surface area contributed by atoms with Gasteiger partial charge in [0.1, 0.15) is 0 Å². The number of fused-ring (bicyclic) bond motifs is 1. The number of carbonyl (C=O) groups is 1. The van der Waals surface area contributed by atoms with E-state index in [1.165, 1.54) is 7.11 Å². The highest BCUT2D eigenvalue weighted by atomic mass is 16.5. The number of hydrogen-bond acceptors (Lipinski definition) is 5. The number of benzene rings is 1. The van der Waals surface area contributed by atoms with Crippen LogP contribution in [0.1, 0.15) is 12.0 Å². The number of esters is 1. The van der Waals surface area contributed by atoms with Crippen LogP contribution >= 0.6 is 0 Å². The molecule has 2 aromatic rings. The third kappa shape index (κ3) is 3.69. The largest absolute Gasteiger partial charge is 0.469 e. The fraction of sp³-hybridized carbons (Fsp3) is 0.385. The Morgan fingerprint density at radius 2 is 2.26 bits per heavy atom. The molecule has 0 fully saturated rings. The molecule has 0 bridgehead atoms. The van der Waals surface area contributed by atoms with Crippen molar-refractivity contribution in [2.24, 2.45) is 0 Å². The molecule has 0 radical (unpaired) electrons. The molecule has 2 rings (SSSR count). The number of methoxy groups -OCH3 is 1. The summed E-state index contributed by atoms with van der Waals surface area (Å²) in [6, 6.07) is 5.58. The normalized spacial score (nSPS) is 10.8. The molecule has 102 valence electrons. The van der Waals surface area contributed by atoms with E-state index in [-0.39, 0.29) is 5.97 Å². The number of oxazole rings is 1. The number of ether oxygens (including phenoxy) is 1. The molecule has 1 aromatic carbocycles. The Morgan fingerprint density at radius 3 is 3.05 bits per heavy atom. The summed E-state index contributed by atoms with van der Waals surface area (Å²) >= 11 is 0. The van der Waals surface area contributed by atoms with Gasteiger partial charge in [-0.1, -0.05) is 6.07 Å². The van der Waals surface area contributed by atoms with Crippen molar-refractivity contribution in [1.29, 1.82) is 0 Å². The van der Waals surface area contributed by atoms with E-state index in [0.29, 0.717) is 24.1 Å². The number of aromatic amines is 1. The second-order valence-electron chi connectivity index (χ2n) is 4.17. The van der Waals surface area contributed by atoms with E-state index in [1.54, 1.807) is 6.07 Å². The maximum atomic E-state index is 11.0. The molecular formula is C13H16N2O4. The lowest BCUT2D eigenvalue weighted by Gasteiger charge is -2.04. The summed E-state index contributed by atoms with van der Waals surface area (Å²) in [6.07, 6.45) is 1.18. The molecule has 0 saturated carbocycles. The van der Waals surface area contributed by atoms with Crippen molar-refractivity contribution in [3.8, 4) is 0 Å². The fourth-order valence-corrected chi connectivity index (χ4v) is 1.80. The maximum Gasteiger partial charge on any atom is 0.417 e. The standard InChI is InChI=1S/C13H16N2O4/c1-18-12(16)5-7-14-6-4-9-2-3-11-10(8-9)15-13(17)19-11/h2-3,8,14H,4-7H2,1H3,(H,15,17). The fourth-order valence-electron chi connectivity index (χ4n) is 1.80.